The van der Waals surface area contributed by atoms with Crippen LogP contribution in [0.25, 0.3) is 0 Å². The fourth-order valence-electron chi connectivity index (χ4n) is 3.69. The summed E-state index contributed by atoms with van der Waals surface area (Å²) in [6.07, 6.45) is 5.78. The number of rotatable bonds is 8. The quantitative estimate of drug-likeness (QED) is 0.696. The number of carbonyl (C=O) groups excluding carboxylic acids is 1. The third-order valence-electron chi connectivity index (χ3n) is 5.31. The molecule has 0 aliphatic carbocycles. The number of aryl methyl sites for hydroxylation is 3. The zero-order chi connectivity index (χ0) is 19.9. The molecule has 1 unspecified atom stereocenters. The van der Waals surface area contributed by atoms with Crippen LogP contribution >= 0.6 is 0 Å². The lowest BCUT2D eigenvalue weighted by atomic mass is 10.1. The number of ether oxygens (including phenoxy) is 1. The third-order valence-corrected chi connectivity index (χ3v) is 5.31. The minimum absolute atomic E-state index is 0.142. The highest BCUT2D eigenvalue weighted by Gasteiger charge is 2.21. The van der Waals surface area contributed by atoms with Gasteiger partial charge in [0.1, 0.15) is 11.3 Å². The van der Waals surface area contributed by atoms with E-state index in [1.54, 1.807) is 18.9 Å². The van der Waals surface area contributed by atoms with Crippen LogP contribution in [0.3, 0.4) is 0 Å². The molecular weight excluding hydrogens is 354 g/mol. The van der Waals surface area contributed by atoms with E-state index in [4.69, 9.17) is 9.15 Å². The second-order valence-electron chi connectivity index (χ2n) is 7.55. The van der Waals surface area contributed by atoms with Crippen LogP contribution in [0, 0.1) is 6.92 Å². The lowest BCUT2D eigenvalue weighted by molar-refractivity contribution is 0.0758. The second kappa shape index (κ2) is 9.69. The van der Waals surface area contributed by atoms with Gasteiger partial charge in [-0.15, -0.1) is 0 Å². The second-order valence-corrected chi connectivity index (χ2v) is 7.55. The summed E-state index contributed by atoms with van der Waals surface area (Å²) in [7, 11) is 1.74. The maximum Gasteiger partial charge on any atom is 0.349 e. The minimum Gasteiger partial charge on any atom is -0.427 e. The van der Waals surface area contributed by atoms with Gasteiger partial charge >= 0.3 is 5.63 Å². The highest BCUT2D eigenvalue weighted by atomic mass is 16.5. The monoisotopic (exact) mass is 383 g/mol. The first kappa shape index (κ1) is 20.3. The normalized spacial score (nSPS) is 16.3. The van der Waals surface area contributed by atoms with Crippen LogP contribution in [0.1, 0.15) is 52.9 Å². The van der Waals surface area contributed by atoms with Crippen molar-refractivity contribution in [3.05, 3.63) is 69.3 Å². The topological polar surface area (TPSA) is 59.8 Å². The van der Waals surface area contributed by atoms with Crippen molar-refractivity contribution < 1.29 is 13.9 Å². The van der Waals surface area contributed by atoms with Crippen molar-refractivity contribution in [1.82, 2.24) is 4.90 Å². The summed E-state index contributed by atoms with van der Waals surface area (Å²) in [4.78, 5) is 26.8. The maximum absolute atomic E-state index is 12.7. The average molecular weight is 383 g/mol. The van der Waals surface area contributed by atoms with E-state index in [0.717, 1.165) is 38.7 Å². The van der Waals surface area contributed by atoms with E-state index in [-0.39, 0.29) is 11.5 Å². The number of hydrogen-bond donors (Lipinski definition) is 0. The molecule has 1 saturated heterocycles. The summed E-state index contributed by atoms with van der Waals surface area (Å²) in [6, 6.07) is 11.9. The van der Waals surface area contributed by atoms with Crippen molar-refractivity contribution >= 4 is 5.91 Å². The summed E-state index contributed by atoms with van der Waals surface area (Å²) >= 11 is 0. The number of nitrogens with zero attached hydrogens (tertiary/aromatic N) is 1. The molecule has 1 aromatic carbocycles. The Hall–Kier alpha value is -2.40. The Morgan fingerprint density at radius 3 is 2.68 bits per heavy atom. The molecule has 150 valence electrons. The highest BCUT2D eigenvalue weighted by Crippen LogP contribution is 2.17. The van der Waals surface area contributed by atoms with E-state index in [2.05, 4.69) is 12.1 Å². The number of benzene rings is 1. The molecule has 5 heteroatoms. The fraction of sp³-hybridized carbons (Fsp3) is 0.478. The van der Waals surface area contributed by atoms with Crippen LogP contribution < -0.4 is 5.63 Å². The Labute approximate surface area is 166 Å². The first-order valence-electron chi connectivity index (χ1n) is 10.1. The molecule has 2 aromatic rings. The van der Waals surface area contributed by atoms with Crippen LogP contribution in [0.2, 0.25) is 0 Å². The molecule has 1 amide bonds. The molecule has 28 heavy (non-hydrogen) atoms. The van der Waals surface area contributed by atoms with Gasteiger partial charge in [0.15, 0.2) is 0 Å². The third kappa shape index (κ3) is 5.32. The van der Waals surface area contributed by atoms with Gasteiger partial charge in [-0.1, -0.05) is 30.3 Å². The van der Waals surface area contributed by atoms with Crippen molar-refractivity contribution in [2.24, 2.45) is 0 Å². The van der Waals surface area contributed by atoms with Crippen LogP contribution in [-0.2, 0) is 17.6 Å². The van der Waals surface area contributed by atoms with Crippen molar-refractivity contribution in [2.45, 2.75) is 51.6 Å². The van der Waals surface area contributed by atoms with Crippen molar-refractivity contribution in [3.63, 3.8) is 0 Å². The molecule has 5 nitrogen and oxygen atoms in total. The Morgan fingerprint density at radius 1 is 1.21 bits per heavy atom. The molecule has 1 aromatic heterocycles. The molecule has 0 saturated carbocycles. The first-order chi connectivity index (χ1) is 13.5. The van der Waals surface area contributed by atoms with Gasteiger partial charge in [0, 0.05) is 26.6 Å². The van der Waals surface area contributed by atoms with Crippen molar-refractivity contribution in [3.8, 4) is 0 Å². The lowest BCUT2D eigenvalue weighted by Gasteiger charge is -2.18. The lowest BCUT2D eigenvalue weighted by Crippen LogP contribution is -2.33. The summed E-state index contributed by atoms with van der Waals surface area (Å²) in [6.45, 7) is 3.25. The van der Waals surface area contributed by atoms with Gasteiger partial charge in [0.05, 0.1) is 6.10 Å². The summed E-state index contributed by atoms with van der Waals surface area (Å²) in [5.41, 5.74) is 1.46. The molecule has 0 bridgehead atoms. The Bertz CT molecular complexity index is 837. The van der Waals surface area contributed by atoms with Gasteiger partial charge in [-0.2, -0.15) is 0 Å². The average Bonchev–Trinajstić information content (AvgIpc) is 3.20. The maximum atomic E-state index is 12.7. The van der Waals surface area contributed by atoms with Crippen LogP contribution in [-0.4, -0.2) is 37.1 Å². The highest BCUT2D eigenvalue weighted by molar-refractivity contribution is 5.94. The molecule has 1 aliphatic rings. The van der Waals surface area contributed by atoms with E-state index >= 15 is 0 Å². The molecule has 3 rings (SSSR count). The predicted octanol–water partition coefficient (Wildman–Crippen LogP) is 3.76. The van der Waals surface area contributed by atoms with Gasteiger partial charge in [-0.3, -0.25) is 4.79 Å². The van der Waals surface area contributed by atoms with Crippen LogP contribution in [0.4, 0.5) is 0 Å². The SMILES string of the molecule is Cc1cc(CCc2ccccc2)oc(=O)c1C(=O)N(C)CCCC1CCCO1. The van der Waals surface area contributed by atoms with Gasteiger partial charge in [-0.05, 0) is 56.2 Å². The molecule has 1 aliphatic heterocycles. The van der Waals surface area contributed by atoms with Crippen molar-refractivity contribution in [2.75, 3.05) is 20.2 Å². The summed E-state index contributed by atoms with van der Waals surface area (Å²) in [5.74, 6) is 0.345. The predicted molar refractivity (Wildman–Crippen MR) is 109 cm³/mol. The summed E-state index contributed by atoms with van der Waals surface area (Å²) < 4.78 is 11.1. The zero-order valence-corrected chi connectivity index (χ0v) is 16.8. The molecule has 2 heterocycles. The zero-order valence-electron chi connectivity index (χ0n) is 16.8. The molecular formula is C23H29NO4. The summed E-state index contributed by atoms with van der Waals surface area (Å²) in [5, 5.41) is 0. The van der Waals surface area contributed by atoms with Crippen LogP contribution in [0.5, 0.6) is 0 Å². The van der Waals surface area contributed by atoms with Gasteiger partial charge < -0.3 is 14.1 Å². The van der Waals surface area contributed by atoms with Crippen LogP contribution in [0.15, 0.2) is 45.6 Å². The van der Waals surface area contributed by atoms with E-state index in [1.807, 2.05) is 24.3 Å². The number of hydrogen-bond acceptors (Lipinski definition) is 4. The molecule has 1 fully saturated rings. The molecule has 0 N–H and O–H groups in total. The smallest absolute Gasteiger partial charge is 0.349 e. The molecule has 1 atom stereocenters. The van der Waals surface area contributed by atoms with Crippen molar-refractivity contribution in [1.29, 1.82) is 0 Å². The van der Waals surface area contributed by atoms with E-state index in [9.17, 15) is 9.59 Å². The van der Waals surface area contributed by atoms with Gasteiger partial charge in [0.25, 0.3) is 5.91 Å². The molecule has 0 spiro atoms. The fourth-order valence-corrected chi connectivity index (χ4v) is 3.69. The first-order valence-corrected chi connectivity index (χ1v) is 10.1. The van der Waals surface area contributed by atoms with E-state index < -0.39 is 5.63 Å². The number of amides is 1. The van der Waals surface area contributed by atoms with Gasteiger partial charge in [0.2, 0.25) is 0 Å². The standard InChI is InChI=1S/C23H29NO4/c1-17-16-20(13-12-18-8-4-3-5-9-18)28-23(26)21(17)22(25)24(2)14-6-10-19-11-7-15-27-19/h3-5,8-9,16,19H,6-7,10-15H2,1-2H3. The number of carbonyl (C=O) groups is 1. The molecule has 0 radical (unpaired) electrons. The van der Waals surface area contributed by atoms with E-state index in [0.29, 0.717) is 30.4 Å². The Balaban J connectivity index is 1.59. The minimum atomic E-state index is -0.543. The van der Waals surface area contributed by atoms with E-state index in [1.165, 1.54) is 5.56 Å². The Morgan fingerprint density at radius 2 is 2.00 bits per heavy atom. The largest absolute Gasteiger partial charge is 0.427 e. The van der Waals surface area contributed by atoms with Gasteiger partial charge in [-0.25, -0.2) is 4.79 Å². The Kier molecular flexibility index (Phi) is 7.04.